The Kier molecular flexibility index (Phi) is 9.12. The monoisotopic (exact) mass is 185 g/mol. The van der Waals surface area contributed by atoms with Crippen LogP contribution in [0.3, 0.4) is 0 Å². The van der Waals surface area contributed by atoms with Gasteiger partial charge in [-0.15, -0.1) is 11.8 Å². The standard InChI is InChI=1S/C10H19NO2/c1-3-4-5-6-11(7-9-12)8-10-13-2/h12H,5-10H2,1-2H3. The van der Waals surface area contributed by atoms with Crippen LogP contribution in [0.5, 0.6) is 0 Å². The van der Waals surface area contributed by atoms with E-state index in [0.29, 0.717) is 13.2 Å². The first-order valence-corrected chi connectivity index (χ1v) is 4.57. The Bertz CT molecular complexity index is 160. The van der Waals surface area contributed by atoms with Crippen molar-refractivity contribution in [2.24, 2.45) is 0 Å². The molecule has 0 bridgehead atoms. The third-order valence-corrected chi connectivity index (χ3v) is 1.76. The maximum Gasteiger partial charge on any atom is 0.0589 e. The highest BCUT2D eigenvalue weighted by Gasteiger charge is 2.01. The number of aliphatic hydroxyl groups excluding tert-OH is 1. The van der Waals surface area contributed by atoms with Crippen LogP contribution >= 0.6 is 0 Å². The molecule has 3 nitrogen and oxygen atoms in total. The van der Waals surface area contributed by atoms with Crippen molar-refractivity contribution in [1.82, 2.24) is 4.90 Å². The molecule has 0 aliphatic rings. The van der Waals surface area contributed by atoms with Crippen LogP contribution in [0.15, 0.2) is 0 Å². The van der Waals surface area contributed by atoms with Crippen LogP contribution in [0.25, 0.3) is 0 Å². The predicted octanol–water partition coefficient (Wildman–Crippen LogP) is 0.341. The summed E-state index contributed by atoms with van der Waals surface area (Å²) < 4.78 is 4.97. The van der Waals surface area contributed by atoms with E-state index in [1.165, 1.54) is 0 Å². The molecule has 1 N–H and O–H groups in total. The zero-order valence-corrected chi connectivity index (χ0v) is 8.55. The van der Waals surface area contributed by atoms with E-state index in [9.17, 15) is 0 Å². The smallest absolute Gasteiger partial charge is 0.0589 e. The highest BCUT2D eigenvalue weighted by molar-refractivity contribution is 4.95. The van der Waals surface area contributed by atoms with Gasteiger partial charge in [0.15, 0.2) is 0 Å². The molecule has 0 heterocycles. The van der Waals surface area contributed by atoms with E-state index in [1.807, 2.05) is 6.92 Å². The van der Waals surface area contributed by atoms with Gasteiger partial charge in [0.1, 0.15) is 0 Å². The van der Waals surface area contributed by atoms with E-state index >= 15 is 0 Å². The van der Waals surface area contributed by atoms with Crippen LogP contribution in [0.1, 0.15) is 13.3 Å². The van der Waals surface area contributed by atoms with Gasteiger partial charge < -0.3 is 9.84 Å². The largest absolute Gasteiger partial charge is 0.395 e. The van der Waals surface area contributed by atoms with Crippen molar-refractivity contribution in [3.05, 3.63) is 0 Å². The van der Waals surface area contributed by atoms with Crippen LogP contribution in [0.2, 0.25) is 0 Å². The normalized spacial score (nSPS) is 9.85. The zero-order valence-electron chi connectivity index (χ0n) is 8.55. The number of hydrogen-bond acceptors (Lipinski definition) is 3. The Labute approximate surface area is 80.7 Å². The molecule has 0 aliphatic heterocycles. The third kappa shape index (κ3) is 7.79. The van der Waals surface area contributed by atoms with Crippen molar-refractivity contribution in [2.45, 2.75) is 13.3 Å². The molecule has 0 aromatic rings. The number of aliphatic hydroxyl groups is 1. The van der Waals surface area contributed by atoms with Gasteiger partial charge in [0.05, 0.1) is 13.2 Å². The quantitative estimate of drug-likeness (QED) is 0.581. The molecule has 0 aliphatic carbocycles. The first kappa shape index (κ1) is 12.4. The molecule has 0 aromatic heterocycles. The molecule has 0 amide bonds. The third-order valence-electron chi connectivity index (χ3n) is 1.76. The summed E-state index contributed by atoms with van der Waals surface area (Å²) >= 11 is 0. The van der Waals surface area contributed by atoms with Gasteiger partial charge >= 0.3 is 0 Å². The minimum absolute atomic E-state index is 0.198. The average molecular weight is 185 g/mol. The van der Waals surface area contributed by atoms with Gasteiger partial charge in [0.2, 0.25) is 0 Å². The minimum Gasteiger partial charge on any atom is -0.395 e. The molecule has 0 fully saturated rings. The summed E-state index contributed by atoms with van der Waals surface area (Å²) in [5, 5.41) is 8.77. The van der Waals surface area contributed by atoms with Crippen molar-refractivity contribution >= 4 is 0 Å². The summed E-state index contributed by atoms with van der Waals surface area (Å²) in [7, 11) is 1.68. The van der Waals surface area contributed by atoms with E-state index in [4.69, 9.17) is 9.84 Å². The lowest BCUT2D eigenvalue weighted by atomic mass is 10.3. The second-order valence-electron chi connectivity index (χ2n) is 2.73. The molecule has 0 aromatic carbocycles. The Balaban J connectivity index is 3.57. The predicted molar refractivity (Wildman–Crippen MR) is 53.5 cm³/mol. The second kappa shape index (κ2) is 9.53. The van der Waals surface area contributed by atoms with Gasteiger partial charge in [-0.1, -0.05) is 0 Å². The SMILES string of the molecule is CC#CCCN(CCO)CCOC. The number of hydrogen-bond donors (Lipinski definition) is 1. The van der Waals surface area contributed by atoms with Gasteiger partial charge in [-0.2, -0.15) is 0 Å². The van der Waals surface area contributed by atoms with Gasteiger partial charge in [-0.3, -0.25) is 4.90 Å². The first-order valence-electron chi connectivity index (χ1n) is 4.57. The second-order valence-corrected chi connectivity index (χ2v) is 2.73. The zero-order chi connectivity index (χ0) is 9.94. The number of ether oxygens (including phenoxy) is 1. The number of rotatable bonds is 7. The molecule has 13 heavy (non-hydrogen) atoms. The summed E-state index contributed by atoms with van der Waals surface area (Å²) in [6.07, 6.45) is 0.861. The fraction of sp³-hybridized carbons (Fsp3) is 0.800. The van der Waals surface area contributed by atoms with Crippen LogP contribution < -0.4 is 0 Å². The molecule has 0 rings (SSSR count). The summed E-state index contributed by atoms with van der Waals surface area (Å²) in [6, 6.07) is 0. The van der Waals surface area contributed by atoms with E-state index in [2.05, 4.69) is 16.7 Å². The summed E-state index contributed by atoms with van der Waals surface area (Å²) in [4.78, 5) is 2.15. The van der Waals surface area contributed by atoms with E-state index in [0.717, 1.165) is 19.5 Å². The molecular formula is C10H19NO2. The molecule has 3 heteroatoms. The topological polar surface area (TPSA) is 32.7 Å². The molecule has 76 valence electrons. The van der Waals surface area contributed by atoms with Crippen LogP contribution in [0, 0.1) is 11.8 Å². The van der Waals surface area contributed by atoms with Gasteiger partial charge in [-0.05, 0) is 6.92 Å². The van der Waals surface area contributed by atoms with Crippen LogP contribution in [-0.4, -0.2) is 50.0 Å². The van der Waals surface area contributed by atoms with Gasteiger partial charge in [-0.25, -0.2) is 0 Å². The Morgan fingerprint density at radius 3 is 2.62 bits per heavy atom. The fourth-order valence-electron chi connectivity index (χ4n) is 1.04. The van der Waals surface area contributed by atoms with Crippen molar-refractivity contribution in [1.29, 1.82) is 0 Å². The lowest BCUT2D eigenvalue weighted by Gasteiger charge is -2.19. The number of nitrogens with zero attached hydrogens (tertiary/aromatic N) is 1. The molecule has 0 spiro atoms. The Morgan fingerprint density at radius 2 is 2.08 bits per heavy atom. The maximum absolute atomic E-state index is 8.77. The first-order chi connectivity index (χ1) is 6.35. The molecule has 0 radical (unpaired) electrons. The average Bonchev–Trinajstić information content (AvgIpc) is 2.14. The van der Waals surface area contributed by atoms with Crippen molar-refractivity contribution in [2.75, 3.05) is 40.0 Å². The molecular weight excluding hydrogens is 166 g/mol. The summed E-state index contributed by atoms with van der Waals surface area (Å²) in [6.45, 7) is 5.22. The van der Waals surface area contributed by atoms with E-state index in [-0.39, 0.29) is 6.61 Å². The highest BCUT2D eigenvalue weighted by Crippen LogP contribution is 1.90. The van der Waals surface area contributed by atoms with Crippen LogP contribution in [-0.2, 0) is 4.74 Å². The summed E-state index contributed by atoms with van der Waals surface area (Å²) in [5.41, 5.74) is 0. The molecule has 0 atom stereocenters. The molecule has 0 unspecified atom stereocenters. The highest BCUT2D eigenvalue weighted by atomic mass is 16.5. The van der Waals surface area contributed by atoms with Crippen molar-refractivity contribution in [3.63, 3.8) is 0 Å². The molecule has 0 saturated carbocycles. The molecule has 0 saturated heterocycles. The summed E-state index contributed by atoms with van der Waals surface area (Å²) in [5.74, 6) is 5.85. The van der Waals surface area contributed by atoms with Crippen molar-refractivity contribution < 1.29 is 9.84 Å². The maximum atomic E-state index is 8.77. The lowest BCUT2D eigenvalue weighted by molar-refractivity contribution is 0.132. The van der Waals surface area contributed by atoms with Crippen LogP contribution in [0.4, 0.5) is 0 Å². The number of methoxy groups -OCH3 is 1. The van der Waals surface area contributed by atoms with Gasteiger partial charge in [0, 0.05) is 33.2 Å². The lowest BCUT2D eigenvalue weighted by Crippen LogP contribution is -2.31. The van der Waals surface area contributed by atoms with Crippen molar-refractivity contribution in [3.8, 4) is 11.8 Å². The van der Waals surface area contributed by atoms with Gasteiger partial charge in [0.25, 0.3) is 0 Å². The van der Waals surface area contributed by atoms with E-state index < -0.39 is 0 Å². The fourth-order valence-corrected chi connectivity index (χ4v) is 1.04. The van der Waals surface area contributed by atoms with E-state index in [1.54, 1.807) is 7.11 Å². The Morgan fingerprint density at radius 1 is 1.31 bits per heavy atom. The minimum atomic E-state index is 0.198. The Hall–Kier alpha value is -0.560.